The van der Waals surface area contributed by atoms with E-state index in [1.54, 1.807) is 36.4 Å². The first-order valence-corrected chi connectivity index (χ1v) is 7.39. The van der Waals surface area contributed by atoms with E-state index in [0.717, 1.165) is 4.47 Å². The van der Waals surface area contributed by atoms with Crippen LogP contribution in [0.25, 0.3) is 6.08 Å². The third-order valence-corrected chi connectivity index (χ3v) is 3.50. The first-order chi connectivity index (χ1) is 11.0. The smallest absolute Gasteiger partial charge is 0.266 e. The van der Waals surface area contributed by atoms with Gasteiger partial charge >= 0.3 is 0 Å². The summed E-state index contributed by atoms with van der Waals surface area (Å²) in [5, 5.41) is 21.6. The van der Waals surface area contributed by atoms with E-state index in [-0.39, 0.29) is 11.3 Å². The van der Waals surface area contributed by atoms with Crippen molar-refractivity contribution in [2.24, 2.45) is 0 Å². The lowest BCUT2D eigenvalue weighted by molar-refractivity contribution is -0.112. The van der Waals surface area contributed by atoms with Crippen LogP contribution < -0.4 is 10.1 Å². The van der Waals surface area contributed by atoms with E-state index in [9.17, 15) is 15.2 Å². The van der Waals surface area contributed by atoms with Gasteiger partial charge < -0.3 is 15.2 Å². The van der Waals surface area contributed by atoms with Gasteiger partial charge in [-0.1, -0.05) is 28.1 Å². The maximum atomic E-state index is 12.3. The Hall–Kier alpha value is -2.78. The third kappa shape index (κ3) is 4.11. The van der Waals surface area contributed by atoms with Crippen molar-refractivity contribution < 1.29 is 14.6 Å². The zero-order valence-corrected chi connectivity index (χ0v) is 13.8. The summed E-state index contributed by atoms with van der Waals surface area (Å²) in [4.78, 5) is 12.3. The number of aromatic hydroxyl groups is 1. The quantitative estimate of drug-likeness (QED) is 0.632. The van der Waals surface area contributed by atoms with Crippen molar-refractivity contribution in [1.82, 2.24) is 0 Å². The van der Waals surface area contributed by atoms with Gasteiger partial charge in [0.15, 0.2) is 0 Å². The molecule has 0 bridgehead atoms. The number of ether oxygens (including phenoxy) is 1. The van der Waals surface area contributed by atoms with Crippen LogP contribution in [0.2, 0.25) is 0 Å². The largest absolute Gasteiger partial charge is 0.507 e. The fourth-order valence-electron chi connectivity index (χ4n) is 1.88. The van der Waals surface area contributed by atoms with Gasteiger partial charge in [-0.25, -0.2) is 0 Å². The molecule has 0 aliphatic carbocycles. The number of hydrogen-bond donors (Lipinski definition) is 2. The molecule has 2 rings (SSSR count). The van der Waals surface area contributed by atoms with Crippen molar-refractivity contribution in [3.63, 3.8) is 0 Å². The number of nitrogens with one attached hydrogen (secondary N) is 1. The molecule has 6 heteroatoms. The zero-order chi connectivity index (χ0) is 16.8. The summed E-state index contributed by atoms with van der Waals surface area (Å²) in [5.41, 5.74) is 0.690. The molecule has 116 valence electrons. The van der Waals surface area contributed by atoms with Crippen LogP contribution in [0.3, 0.4) is 0 Å². The van der Waals surface area contributed by atoms with Crippen molar-refractivity contribution in [3.05, 3.63) is 58.1 Å². The molecule has 0 radical (unpaired) electrons. The number of phenolic OH excluding ortho intramolecular Hbond substituents is 1. The average Bonchev–Trinajstić information content (AvgIpc) is 2.56. The monoisotopic (exact) mass is 372 g/mol. The van der Waals surface area contributed by atoms with Crippen molar-refractivity contribution in [2.45, 2.75) is 0 Å². The highest BCUT2D eigenvalue weighted by atomic mass is 79.9. The second kappa shape index (κ2) is 7.47. The Morgan fingerprint density at radius 3 is 2.78 bits per heavy atom. The fourth-order valence-corrected chi connectivity index (χ4v) is 2.26. The van der Waals surface area contributed by atoms with E-state index in [2.05, 4.69) is 21.2 Å². The van der Waals surface area contributed by atoms with Crippen molar-refractivity contribution >= 4 is 33.6 Å². The number of phenols is 1. The molecule has 0 atom stereocenters. The van der Waals surface area contributed by atoms with Crippen LogP contribution in [0.4, 0.5) is 5.69 Å². The number of rotatable bonds is 4. The molecule has 0 aliphatic rings. The average molecular weight is 373 g/mol. The lowest BCUT2D eigenvalue weighted by Crippen LogP contribution is -2.14. The number of nitriles is 1. The van der Waals surface area contributed by atoms with E-state index < -0.39 is 5.91 Å². The van der Waals surface area contributed by atoms with Gasteiger partial charge in [-0.05, 0) is 36.4 Å². The van der Waals surface area contributed by atoms with Crippen LogP contribution in [-0.2, 0) is 4.79 Å². The Balaban J connectivity index is 2.30. The van der Waals surface area contributed by atoms with Crippen molar-refractivity contribution in [3.8, 4) is 17.6 Å². The van der Waals surface area contributed by atoms with Gasteiger partial charge in [0, 0.05) is 10.0 Å². The SMILES string of the molecule is COc1ccccc1NC(=O)/C(C#N)=C/c1cc(Br)ccc1O. The predicted octanol–water partition coefficient (Wildman–Crippen LogP) is 3.71. The van der Waals surface area contributed by atoms with Gasteiger partial charge in [0.2, 0.25) is 0 Å². The number of para-hydroxylation sites is 2. The van der Waals surface area contributed by atoms with Crippen molar-refractivity contribution in [2.75, 3.05) is 12.4 Å². The zero-order valence-electron chi connectivity index (χ0n) is 12.2. The van der Waals surface area contributed by atoms with Crippen LogP contribution in [-0.4, -0.2) is 18.1 Å². The highest BCUT2D eigenvalue weighted by Gasteiger charge is 2.13. The second-order valence-electron chi connectivity index (χ2n) is 4.53. The Morgan fingerprint density at radius 1 is 1.35 bits per heavy atom. The summed E-state index contributed by atoms with van der Waals surface area (Å²) in [6, 6.07) is 13.5. The normalized spacial score (nSPS) is 10.7. The van der Waals surface area contributed by atoms with Gasteiger partial charge in [0.1, 0.15) is 23.1 Å². The topological polar surface area (TPSA) is 82.3 Å². The molecule has 0 fully saturated rings. The lowest BCUT2D eigenvalue weighted by atomic mass is 10.1. The first kappa shape index (κ1) is 16.6. The minimum Gasteiger partial charge on any atom is -0.507 e. The Morgan fingerprint density at radius 2 is 2.09 bits per heavy atom. The second-order valence-corrected chi connectivity index (χ2v) is 5.44. The molecule has 5 nitrogen and oxygen atoms in total. The molecule has 23 heavy (non-hydrogen) atoms. The van der Waals surface area contributed by atoms with Crippen molar-refractivity contribution in [1.29, 1.82) is 5.26 Å². The third-order valence-electron chi connectivity index (χ3n) is 3.01. The first-order valence-electron chi connectivity index (χ1n) is 6.60. The Labute approximate surface area is 142 Å². The minimum atomic E-state index is -0.587. The Kier molecular flexibility index (Phi) is 5.39. The van der Waals surface area contributed by atoms with Gasteiger partial charge in [-0.2, -0.15) is 5.26 Å². The highest BCUT2D eigenvalue weighted by Crippen LogP contribution is 2.26. The van der Waals surface area contributed by atoms with Gasteiger partial charge in [0.05, 0.1) is 12.8 Å². The molecule has 0 spiro atoms. The van der Waals surface area contributed by atoms with Gasteiger partial charge in [0.25, 0.3) is 5.91 Å². The molecule has 1 amide bonds. The summed E-state index contributed by atoms with van der Waals surface area (Å²) >= 11 is 3.28. The summed E-state index contributed by atoms with van der Waals surface area (Å²) in [5.74, 6) is -0.120. The number of halogens is 1. The highest BCUT2D eigenvalue weighted by molar-refractivity contribution is 9.10. The van der Waals surface area contributed by atoms with Gasteiger partial charge in [-0.3, -0.25) is 4.79 Å². The van der Waals surface area contributed by atoms with E-state index >= 15 is 0 Å². The van der Waals surface area contributed by atoms with E-state index in [4.69, 9.17) is 4.74 Å². The lowest BCUT2D eigenvalue weighted by Gasteiger charge is -2.09. The molecule has 0 unspecified atom stereocenters. The van der Waals surface area contributed by atoms with E-state index in [0.29, 0.717) is 17.0 Å². The van der Waals surface area contributed by atoms with E-state index in [1.807, 2.05) is 6.07 Å². The number of carbonyl (C=O) groups is 1. The summed E-state index contributed by atoms with van der Waals surface area (Å²) in [6.07, 6.45) is 1.32. The maximum absolute atomic E-state index is 12.3. The molecule has 2 aromatic rings. The number of benzene rings is 2. The molecule has 0 saturated carbocycles. The number of methoxy groups -OCH3 is 1. The van der Waals surface area contributed by atoms with Crippen LogP contribution in [0, 0.1) is 11.3 Å². The molecule has 2 aromatic carbocycles. The molecule has 0 aliphatic heterocycles. The predicted molar refractivity (Wildman–Crippen MR) is 91.0 cm³/mol. The summed E-state index contributed by atoms with van der Waals surface area (Å²) < 4.78 is 5.88. The molecular weight excluding hydrogens is 360 g/mol. The minimum absolute atomic E-state index is 0.0222. The van der Waals surface area contributed by atoms with Crippen LogP contribution in [0.15, 0.2) is 52.5 Å². The van der Waals surface area contributed by atoms with Crippen LogP contribution in [0.1, 0.15) is 5.56 Å². The molecule has 0 saturated heterocycles. The number of nitrogens with zero attached hydrogens (tertiary/aromatic N) is 1. The van der Waals surface area contributed by atoms with Gasteiger partial charge in [-0.15, -0.1) is 0 Å². The summed E-state index contributed by atoms with van der Waals surface area (Å²) in [6.45, 7) is 0. The fraction of sp³-hybridized carbons (Fsp3) is 0.0588. The summed E-state index contributed by atoms with van der Waals surface area (Å²) in [7, 11) is 1.49. The number of amides is 1. The number of carbonyl (C=O) groups excluding carboxylic acids is 1. The maximum Gasteiger partial charge on any atom is 0.266 e. The molecule has 2 N–H and O–H groups in total. The number of hydrogen-bond acceptors (Lipinski definition) is 4. The standard InChI is InChI=1S/C17H13BrN2O3/c1-23-16-5-3-2-4-14(16)20-17(22)12(10-19)8-11-9-13(18)6-7-15(11)21/h2-9,21H,1H3,(H,20,22)/b12-8+. The Bertz CT molecular complexity index is 810. The van der Waals surface area contributed by atoms with Crippen LogP contribution >= 0.6 is 15.9 Å². The number of anilines is 1. The molecule has 0 aromatic heterocycles. The van der Waals surface area contributed by atoms with Crippen LogP contribution in [0.5, 0.6) is 11.5 Å². The molecule has 0 heterocycles. The van der Waals surface area contributed by atoms with E-state index in [1.165, 1.54) is 19.3 Å². The molecular formula is C17H13BrN2O3.